The van der Waals surface area contributed by atoms with Crippen molar-refractivity contribution in [2.24, 2.45) is 0 Å². The van der Waals surface area contributed by atoms with Crippen molar-refractivity contribution in [1.82, 2.24) is 20.4 Å². The third kappa shape index (κ3) is 5.60. The summed E-state index contributed by atoms with van der Waals surface area (Å²) in [4.78, 5) is 12.7. The van der Waals surface area contributed by atoms with Crippen LogP contribution in [-0.4, -0.2) is 46.6 Å². The number of nitrogens with zero attached hydrogens (tertiary/aromatic N) is 4. The van der Waals surface area contributed by atoms with Crippen LogP contribution in [0.25, 0.3) is 0 Å². The number of ether oxygens (including phenoxy) is 2. The Balaban J connectivity index is 1.32. The maximum absolute atomic E-state index is 13.7. The molecule has 1 saturated carbocycles. The summed E-state index contributed by atoms with van der Waals surface area (Å²) in [7, 11) is 2.77. The number of nitrogens with one attached hydrogen (secondary N) is 2. The van der Waals surface area contributed by atoms with E-state index in [0.29, 0.717) is 21.7 Å². The highest BCUT2D eigenvalue weighted by Gasteiger charge is 2.25. The third-order valence-corrected chi connectivity index (χ3v) is 6.44. The molecule has 1 aromatic carbocycles. The molecule has 11 heteroatoms. The van der Waals surface area contributed by atoms with Gasteiger partial charge in [-0.15, -0.1) is 10.2 Å². The Morgan fingerprint density at radius 3 is 2.61 bits per heavy atom. The summed E-state index contributed by atoms with van der Waals surface area (Å²) in [5.41, 5.74) is 1.51. The molecule has 0 spiro atoms. The number of hydrogen-bond donors (Lipinski definition) is 2. The second-order valence-corrected chi connectivity index (χ2v) is 8.73. The fourth-order valence-corrected chi connectivity index (χ4v) is 4.70. The molecule has 3 aromatic rings. The van der Waals surface area contributed by atoms with E-state index in [-0.39, 0.29) is 11.8 Å². The van der Waals surface area contributed by atoms with Gasteiger partial charge in [-0.05, 0) is 55.5 Å². The molecule has 1 aliphatic carbocycles. The SMILES string of the molecule is COc1cc([C@@H](OC)C(=O)Nc2nnc(NC3CCC(c4cccnn4)CC3)s2)ccc1F. The van der Waals surface area contributed by atoms with Crippen molar-refractivity contribution in [1.29, 1.82) is 0 Å². The lowest BCUT2D eigenvalue weighted by molar-refractivity contribution is -0.126. The highest BCUT2D eigenvalue weighted by atomic mass is 32.1. The first-order valence-electron chi connectivity index (χ1n) is 10.6. The van der Waals surface area contributed by atoms with E-state index in [9.17, 15) is 9.18 Å². The molecule has 0 bridgehead atoms. The van der Waals surface area contributed by atoms with Gasteiger partial charge < -0.3 is 14.8 Å². The minimum absolute atomic E-state index is 0.0405. The molecule has 1 atom stereocenters. The quantitative estimate of drug-likeness (QED) is 0.507. The van der Waals surface area contributed by atoms with Gasteiger partial charge in [-0.2, -0.15) is 10.2 Å². The number of carbonyl (C=O) groups is 1. The van der Waals surface area contributed by atoms with E-state index in [4.69, 9.17) is 9.47 Å². The lowest BCUT2D eigenvalue weighted by Crippen LogP contribution is -2.25. The van der Waals surface area contributed by atoms with Gasteiger partial charge in [0.25, 0.3) is 5.91 Å². The Bertz CT molecular complexity index is 1080. The Labute approximate surface area is 194 Å². The molecule has 4 rings (SSSR count). The van der Waals surface area contributed by atoms with E-state index in [1.165, 1.54) is 43.8 Å². The van der Waals surface area contributed by atoms with Crippen LogP contribution in [0.2, 0.25) is 0 Å². The third-order valence-electron chi connectivity index (χ3n) is 5.67. The van der Waals surface area contributed by atoms with Gasteiger partial charge in [-0.1, -0.05) is 17.4 Å². The van der Waals surface area contributed by atoms with Gasteiger partial charge >= 0.3 is 0 Å². The summed E-state index contributed by atoms with van der Waals surface area (Å²) in [5, 5.41) is 23.5. The van der Waals surface area contributed by atoms with E-state index in [1.54, 1.807) is 6.20 Å². The lowest BCUT2D eigenvalue weighted by atomic mass is 9.84. The molecule has 2 aromatic heterocycles. The lowest BCUT2D eigenvalue weighted by Gasteiger charge is -2.28. The normalized spacial score (nSPS) is 19.0. The summed E-state index contributed by atoms with van der Waals surface area (Å²) in [6.07, 6.45) is 4.76. The molecule has 1 fully saturated rings. The Morgan fingerprint density at radius 1 is 1.12 bits per heavy atom. The zero-order chi connectivity index (χ0) is 23.2. The maximum Gasteiger partial charge on any atom is 0.259 e. The van der Waals surface area contributed by atoms with Crippen LogP contribution in [0.3, 0.4) is 0 Å². The van der Waals surface area contributed by atoms with Crippen molar-refractivity contribution in [3.8, 4) is 5.75 Å². The smallest absolute Gasteiger partial charge is 0.259 e. The van der Waals surface area contributed by atoms with Gasteiger partial charge in [0.2, 0.25) is 10.3 Å². The van der Waals surface area contributed by atoms with Gasteiger partial charge in [0, 0.05) is 25.3 Å². The predicted molar refractivity (Wildman–Crippen MR) is 122 cm³/mol. The highest BCUT2D eigenvalue weighted by molar-refractivity contribution is 7.19. The molecule has 1 aliphatic rings. The van der Waals surface area contributed by atoms with E-state index in [0.717, 1.165) is 31.4 Å². The predicted octanol–water partition coefficient (Wildman–Crippen LogP) is 3.94. The van der Waals surface area contributed by atoms with Gasteiger partial charge in [0.05, 0.1) is 12.8 Å². The number of benzene rings is 1. The molecule has 0 radical (unpaired) electrons. The summed E-state index contributed by atoms with van der Waals surface area (Å²) in [6.45, 7) is 0. The minimum Gasteiger partial charge on any atom is -0.494 e. The van der Waals surface area contributed by atoms with Crippen LogP contribution >= 0.6 is 11.3 Å². The molecular formula is C22H25FN6O3S. The molecule has 2 heterocycles. The van der Waals surface area contributed by atoms with Crippen LogP contribution in [0.5, 0.6) is 5.75 Å². The number of rotatable bonds is 8. The zero-order valence-electron chi connectivity index (χ0n) is 18.3. The first-order valence-corrected chi connectivity index (χ1v) is 11.4. The van der Waals surface area contributed by atoms with Crippen LogP contribution in [-0.2, 0) is 9.53 Å². The van der Waals surface area contributed by atoms with Crippen LogP contribution in [0.1, 0.15) is 49.0 Å². The average molecular weight is 473 g/mol. The summed E-state index contributed by atoms with van der Waals surface area (Å²) < 4.78 is 24.0. The number of carbonyl (C=O) groups excluding carboxylic acids is 1. The number of anilines is 2. The van der Waals surface area contributed by atoms with Gasteiger partial charge in [0.15, 0.2) is 17.7 Å². The molecule has 2 N–H and O–H groups in total. The molecule has 1 amide bonds. The topological polar surface area (TPSA) is 111 Å². The fraction of sp³-hybridized carbons (Fsp3) is 0.409. The average Bonchev–Trinajstić information content (AvgIpc) is 3.28. The van der Waals surface area contributed by atoms with Crippen LogP contribution in [0.4, 0.5) is 14.7 Å². The highest BCUT2D eigenvalue weighted by Crippen LogP contribution is 2.34. The summed E-state index contributed by atoms with van der Waals surface area (Å²) >= 11 is 1.26. The van der Waals surface area contributed by atoms with Crippen molar-refractivity contribution >= 4 is 27.5 Å². The minimum atomic E-state index is -0.948. The number of hydrogen-bond acceptors (Lipinski definition) is 9. The first-order chi connectivity index (χ1) is 16.1. The molecular weight excluding hydrogens is 447 g/mol. The molecule has 0 aliphatic heterocycles. The molecule has 0 saturated heterocycles. The Kier molecular flexibility index (Phi) is 7.40. The van der Waals surface area contributed by atoms with Gasteiger partial charge in [-0.3, -0.25) is 10.1 Å². The molecule has 174 valence electrons. The van der Waals surface area contributed by atoms with Crippen molar-refractivity contribution in [3.63, 3.8) is 0 Å². The van der Waals surface area contributed by atoms with E-state index in [2.05, 4.69) is 31.0 Å². The number of amides is 1. The second-order valence-electron chi connectivity index (χ2n) is 7.75. The van der Waals surface area contributed by atoms with Crippen LogP contribution < -0.4 is 15.4 Å². The standard InChI is InChI=1S/C22H25FN6O3S/c1-31-18-12-14(7-10-16(18)23)19(32-2)20(30)26-22-29-28-21(33-22)25-15-8-5-13(6-9-15)17-4-3-11-24-27-17/h3-4,7,10-13,15,19H,5-6,8-9H2,1-2H3,(H,25,28)(H,26,29,30)/t13?,15?,19-/m1/s1. The maximum atomic E-state index is 13.7. The van der Waals surface area contributed by atoms with Crippen molar-refractivity contribution < 1.29 is 18.7 Å². The van der Waals surface area contributed by atoms with Gasteiger partial charge in [-0.25, -0.2) is 4.39 Å². The molecule has 33 heavy (non-hydrogen) atoms. The van der Waals surface area contributed by atoms with Crippen LogP contribution in [0, 0.1) is 5.82 Å². The monoisotopic (exact) mass is 472 g/mol. The van der Waals surface area contributed by atoms with Gasteiger partial charge in [0.1, 0.15) is 0 Å². The van der Waals surface area contributed by atoms with Crippen molar-refractivity contribution in [2.45, 2.75) is 43.7 Å². The van der Waals surface area contributed by atoms with Crippen molar-refractivity contribution in [3.05, 3.63) is 53.6 Å². The number of aromatic nitrogens is 4. The molecule has 0 unspecified atom stereocenters. The number of halogens is 1. The van der Waals surface area contributed by atoms with Crippen LogP contribution in [0.15, 0.2) is 36.5 Å². The summed E-state index contributed by atoms with van der Waals surface area (Å²) in [6, 6.07) is 8.39. The second kappa shape index (κ2) is 10.6. The molecule has 9 nitrogen and oxygen atoms in total. The largest absolute Gasteiger partial charge is 0.494 e. The van der Waals surface area contributed by atoms with E-state index < -0.39 is 17.8 Å². The Morgan fingerprint density at radius 2 is 1.91 bits per heavy atom. The fourth-order valence-electron chi connectivity index (χ4n) is 3.98. The van der Waals surface area contributed by atoms with E-state index in [1.807, 2.05) is 12.1 Å². The zero-order valence-corrected chi connectivity index (χ0v) is 19.1. The Hall–Kier alpha value is -3.18. The summed E-state index contributed by atoms with van der Waals surface area (Å²) in [5.74, 6) is -0.476. The van der Waals surface area contributed by atoms with E-state index >= 15 is 0 Å². The first kappa shape index (κ1) is 23.0. The van der Waals surface area contributed by atoms with Crippen molar-refractivity contribution in [2.75, 3.05) is 24.9 Å². The number of methoxy groups -OCH3 is 2.